The first-order valence-corrected chi connectivity index (χ1v) is 11.4. The summed E-state index contributed by atoms with van der Waals surface area (Å²) in [5.74, 6) is 1.31. The maximum Gasteiger partial charge on any atom is 0.254 e. The van der Waals surface area contributed by atoms with Gasteiger partial charge in [0.05, 0.1) is 11.8 Å². The summed E-state index contributed by atoms with van der Waals surface area (Å²) in [6.45, 7) is 1.75. The first-order chi connectivity index (χ1) is 13.4. The van der Waals surface area contributed by atoms with Gasteiger partial charge in [0.2, 0.25) is 0 Å². The van der Waals surface area contributed by atoms with Crippen LogP contribution in [0.25, 0.3) is 0 Å². The van der Waals surface area contributed by atoms with Crippen LogP contribution in [0.15, 0.2) is 42.5 Å². The van der Waals surface area contributed by atoms with Crippen LogP contribution >= 0.6 is 0 Å². The summed E-state index contributed by atoms with van der Waals surface area (Å²) in [4.78, 5) is 15.0. The van der Waals surface area contributed by atoms with Gasteiger partial charge in [0.1, 0.15) is 13.2 Å². The molecule has 0 spiro atoms. The van der Waals surface area contributed by atoms with Crippen molar-refractivity contribution in [2.75, 3.05) is 26.0 Å². The van der Waals surface area contributed by atoms with E-state index in [1.54, 1.807) is 24.3 Å². The molecule has 1 saturated heterocycles. The second-order valence-corrected chi connectivity index (χ2v) is 9.47. The highest BCUT2D eigenvalue weighted by molar-refractivity contribution is 7.89. The van der Waals surface area contributed by atoms with Gasteiger partial charge in [-0.3, -0.25) is 4.79 Å². The third-order valence-corrected chi connectivity index (χ3v) is 5.93. The van der Waals surface area contributed by atoms with E-state index in [0.29, 0.717) is 30.9 Å². The maximum atomic E-state index is 13.2. The number of hydrogen-bond donors (Lipinski definition) is 0. The molecular weight excluding hydrogens is 378 g/mol. The van der Waals surface area contributed by atoms with Crippen molar-refractivity contribution in [3.05, 3.63) is 59.2 Å². The molecule has 0 aromatic heterocycles. The Kier molecular flexibility index (Phi) is 5.02. The van der Waals surface area contributed by atoms with Gasteiger partial charge in [-0.1, -0.05) is 18.2 Å². The highest BCUT2D eigenvalue weighted by atomic mass is 32.2. The Morgan fingerprint density at radius 3 is 2.68 bits per heavy atom. The summed E-state index contributed by atoms with van der Waals surface area (Å²) in [6, 6.07) is 12.7. The van der Waals surface area contributed by atoms with Crippen LogP contribution < -0.4 is 9.47 Å². The molecule has 0 N–H and O–H groups in total. The topological polar surface area (TPSA) is 72.9 Å². The van der Waals surface area contributed by atoms with Crippen molar-refractivity contribution < 1.29 is 22.7 Å². The number of sulfone groups is 1. The van der Waals surface area contributed by atoms with Crippen molar-refractivity contribution in [2.45, 2.75) is 24.6 Å². The first-order valence-electron chi connectivity index (χ1n) is 9.38. The van der Waals surface area contributed by atoms with Crippen molar-refractivity contribution >= 4 is 15.7 Å². The number of benzene rings is 2. The van der Waals surface area contributed by atoms with E-state index in [9.17, 15) is 13.2 Å². The van der Waals surface area contributed by atoms with Crippen molar-refractivity contribution in [2.24, 2.45) is 0 Å². The summed E-state index contributed by atoms with van der Waals surface area (Å²) in [6.07, 6.45) is 3.00. The average molecular weight is 401 g/mol. The molecule has 1 amide bonds. The Hall–Kier alpha value is -2.54. The van der Waals surface area contributed by atoms with E-state index in [2.05, 4.69) is 0 Å². The number of rotatable bonds is 4. The second kappa shape index (κ2) is 7.47. The molecule has 4 rings (SSSR count). The number of amides is 1. The van der Waals surface area contributed by atoms with Crippen LogP contribution in [0.3, 0.4) is 0 Å². The molecule has 0 saturated carbocycles. The van der Waals surface area contributed by atoms with Gasteiger partial charge in [-0.15, -0.1) is 0 Å². The number of carbonyl (C=O) groups excluding carboxylic acids is 1. The lowest BCUT2D eigenvalue weighted by Crippen LogP contribution is -2.30. The zero-order valence-electron chi connectivity index (χ0n) is 15.8. The van der Waals surface area contributed by atoms with E-state index in [1.807, 2.05) is 23.1 Å². The fourth-order valence-corrected chi connectivity index (χ4v) is 4.67. The van der Waals surface area contributed by atoms with E-state index in [1.165, 1.54) is 6.26 Å². The lowest BCUT2D eigenvalue weighted by Gasteiger charge is -2.27. The van der Waals surface area contributed by atoms with Crippen LogP contribution in [-0.2, 0) is 15.6 Å². The fraction of sp³-hybridized carbons (Fsp3) is 0.381. The second-order valence-electron chi connectivity index (χ2n) is 7.33. The lowest BCUT2D eigenvalue weighted by molar-refractivity contribution is 0.0735. The van der Waals surface area contributed by atoms with E-state index < -0.39 is 9.84 Å². The molecule has 7 heteroatoms. The number of fused-ring (bicyclic) bond motifs is 1. The smallest absolute Gasteiger partial charge is 0.254 e. The van der Waals surface area contributed by atoms with Crippen LogP contribution in [0.5, 0.6) is 11.5 Å². The lowest BCUT2D eigenvalue weighted by atomic mass is 10.0. The molecule has 148 valence electrons. The Bertz CT molecular complexity index is 1000. The minimum Gasteiger partial charge on any atom is -0.486 e. The summed E-state index contributed by atoms with van der Waals surface area (Å²) < 4.78 is 34.4. The number of likely N-dealkylation sites (tertiary alicyclic amines) is 1. The van der Waals surface area contributed by atoms with Gasteiger partial charge in [0.25, 0.3) is 5.91 Å². The quantitative estimate of drug-likeness (QED) is 0.788. The zero-order valence-corrected chi connectivity index (χ0v) is 16.6. The molecule has 2 aliphatic rings. The monoisotopic (exact) mass is 401 g/mol. The third kappa shape index (κ3) is 3.99. The molecule has 1 atom stereocenters. The molecule has 0 unspecified atom stereocenters. The van der Waals surface area contributed by atoms with Crippen LogP contribution in [0, 0.1) is 0 Å². The Morgan fingerprint density at radius 2 is 1.89 bits per heavy atom. The standard InChI is InChI=1S/C21H23NO5S/c1-28(24,25)14-15-4-2-5-17(12-15)21(23)22-9-3-6-18(22)16-7-8-19-20(13-16)27-11-10-26-19/h2,4-5,7-8,12-13,18H,3,6,9-11,14H2,1H3/t18-/m1/s1. The Labute approximate surface area is 165 Å². The van der Waals surface area contributed by atoms with E-state index in [0.717, 1.165) is 29.9 Å². The summed E-state index contributed by atoms with van der Waals surface area (Å²) in [5, 5.41) is 0. The van der Waals surface area contributed by atoms with E-state index in [4.69, 9.17) is 9.47 Å². The molecular formula is C21H23NO5S. The summed E-state index contributed by atoms with van der Waals surface area (Å²) in [5.41, 5.74) is 2.18. The highest BCUT2D eigenvalue weighted by Crippen LogP contribution is 2.38. The normalized spacial score (nSPS) is 18.9. The third-order valence-electron chi connectivity index (χ3n) is 5.07. The molecule has 2 aromatic carbocycles. The Balaban J connectivity index is 1.58. The van der Waals surface area contributed by atoms with Crippen LogP contribution in [0.4, 0.5) is 0 Å². The van der Waals surface area contributed by atoms with Crippen molar-refractivity contribution in [3.8, 4) is 11.5 Å². The number of carbonyl (C=O) groups is 1. The molecule has 2 aliphatic heterocycles. The molecule has 28 heavy (non-hydrogen) atoms. The van der Waals surface area contributed by atoms with Crippen molar-refractivity contribution in [1.82, 2.24) is 4.90 Å². The SMILES string of the molecule is CS(=O)(=O)Cc1cccc(C(=O)N2CCC[C@@H]2c2ccc3c(c2)OCCO3)c1. The molecule has 0 bridgehead atoms. The molecule has 1 fully saturated rings. The van der Waals surface area contributed by atoms with E-state index >= 15 is 0 Å². The highest BCUT2D eigenvalue weighted by Gasteiger charge is 2.31. The average Bonchev–Trinajstić information content (AvgIpc) is 3.15. The van der Waals surface area contributed by atoms with Gasteiger partial charge >= 0.3 is 0 Å². The van der Waals surface area contributed by atoms with Gasteiger partial charge in [-0.05, 0) is 48.2 Å². The summed E-state index contributed by atoms with van der Waals surface area (Å²) in [7, 11) is -3.15. The maximum absolute atomic E-state index is 13.2. The van der Waals surface area contributed by atoms with Gasteiger partial charge in [0.15, 0.2) is 21.3 Å². The Morgan fingerprint density at radius 1 is 1.11 bits per heavy atom. The van der Waals surface area contributed by atoms with Crippen LogP contribution in [0.1, 0.15) is 40.4 Å². The molecule has 2 aromatic rings. The number of hydrogen-bond acceptors (Lipinski definition) is 5. The van der Waals surface area contributed by atoms with E-state index in [-0.39, 0.29) is 17.7 Å². The van der Waals surface area contributed by atoms with Gasteiger partial charge < -0.3 is 14.4 Å². The predicted molar refractivity (Wildman–Crippen MR) is 105 cm³/mol. The molecule has 6 nitrogen and oxygen atoms in total. The van der Waals surface area contributed by atoms with Crippen LogP contribution in [-0.4, -0.2) is 45.2 Å². The largest absolute Gasteiger partial charge is 0.486 e. The zero-order chi connectivity index (χ0) is 19.7. The fourth-order valence-electron chi connectivity index (χ4n) is 3.89. The first kappa shape index (κ1) is 18.8. The van der Waals surface area contributed by atoms with Crippen molar-refractivity contribution in [1.29, 1.82) is 0 Å². The van der Waals surface area contributed by atoms with Crippen LogP contribution in [0.2, 0.25) is 0 Å². The van der Waals surface area contributed by atoms with Gasteiger partial charge in [-0.2, -0.15) is 0 Å². The minimum atomic E-state index is -3.15. The minimum absolute atomic E-state index is 0.0260. The predicted octanol–water partition coefficient (Wildman–Crippen LogP) is 2.98. The van der Waals surface area contributed by atoms with Gasteiger partial charge in [-0.25, -0.2) is 8.42 Å². The number of nitrogens with zero attached hydrogens (tertiary/aromatic N) is 1. The molecule has 2 heterocycles. The van der Waals surface area contributed by atoms with Gasteiger partial charge in [0, 0.05) is 18.4 Å². The van der Waals surface area contributed by atoms with Crippen molar-refractivity contribution in [3.63, 3.8) is 0 Å². The number of ether oxygens (including phenoxy) is 2. The molecule has 0 aliphatic carbocycles. The summed E-state index contributed by atoms with van der Waals surface area (Å²) >= 11 is 0. The molecule has 0 radical (unpaired) electrons.